The molecule has 9 heteroatoms. The number of esters is 1. The predicted molar refractivity (Wildman–Crippen MR) is 88.8 cm³/mol. The quantitative estimate of drug-likeness (QED) is 0.552. The Bertz CT molecular complexity index is 744. The highest BCUT2D eigenvalue weighted by Crippen LogP contribution is 2.16. The molecule has 1 aliphatic rings. The number of hydrogen-bond acceptors (Lipinski definition) is 6. The molecular weight excluding hydrogens is 342 g/mol. The molecule has 0 spiro atoms. The molecule has 1 fully saturated rings. The van der Waals surface area contributed by atoms with Crippen LogP contribution in [0.5, 0.6) is 0 Å². The molecule has 1 aromatic rings. The third kappa shape index (κ3) is 4.65. The molecule has 0 aromatic heterocycles. The summed E-state index contributed by atoms with van der Waals surface area (Å²) in [5.74, 6) is -2.59. The van der Waals surface area contributed by atoms with Gasteiger partial charge in [0.1, 0.15) is 5.54 Å². The summed E-state index contributed by atoms with van der Waals surface area (Å²) in [7, 11) is 0. The van der Waals surface area contributed by atoms with Crippen LogP contribution in [0.2, 0.25) is 0 Å². The maximum Gasteiger partial charge on any atom is 0.325 e. The minimum atomic E-state index is -1.02. The number of nitrogens with zero attached hydrogens (tertiary/aromatic N) is 1. The summed E-state index contributed by atoms with van der Waals surface area (Å²) in [6.07, 6.45) is -0.255. The fourth-order valence-electron chi connectivity index (χ4n) is 2.27. The Morgan fingerprint density at radius 1 is 1.15 bits per heavy atom. The zero-order chi connectivity index (χ0) is 19.3. The number of carbonyl (C=O) groups excluding carboxylic acids is 5. The lowest BCUT2D eigenvalue weighted by Gasteiger charge is -2.15. The van der Waals surface area contributed by atoms with Gasteiger partial charge in [0.25, 0.3) is 17.7 Å². The van der Waals surface area contributed by atoms with Gasteiger partial charge in [0.2, 0.25) is 0 Å². The van der Waals surface area contributed by atoms with Gasteiger partial charge < -0.3 is 10.1 Å². The van der Waals surface area contributed by atoms with E-state index in [0.29, 0.717) is 5.56 Å². The van der Waals surface area contributed by atoms with Gasteiger partial charge in [-0.1, -0.05) is 18.2 Å². The lowest BCUT2D eigenvalue weighted by molar-refractivity contribution is -0.148. The molecule has 9 nitrogen and oxygen atoms in total. The molecular formula is C17H19N3O6. The first kappa shape index (κ1) is 19.1. The van der Waals surface area contributed by atoms with E-state index in [0.717, 1.165) is 4.90 Å². The van der Waals surface area contributed by atoms with Crippen molar-refractivity contribution in [3.63, 3.8) is 0 Å². The predicted octanol–water partition coefficient (Wildman–Crippen LogP) is 0.207. The Kier molecular flexibility index (Phi) is 5.71. The van der Waals surface area contributed by atoms with Crippen LogP contribution < -0.4 is 10.6 Å². The van der Waals surface area contributed by atoms with Crippen molar-refractivity contribution in [3.05, 3.63) is 35.9 Å². The van der Waals surface area contributed by atoms with Crippen molar-refractivity contribution in [2.75, 3.05) is 13.2 Å². The molecule has 5 amide bonds. The van der Waals surface area contributed by atoms with E-state index >= 15 is 0 Å². The van der Waals surface area contributed by atoms with Gasteiger partial charge in [0.15, 0.2) is 6.61 Å². The van der Waals surface area contributed by atoms with Gasteiger partial charge in [-0.05, 0) is 26.0 Å². The lowest BCUT2D eigenvalue weighted by atomic mass is 10.1. The molecule has 26 heavy (non-hydrogen) atoms. The maximum atomic E-state index is 12.0. The van der Waals surface area contributed by atoms with Crippen LogP contribution in [0.4, 0.5) is 4.79 Å². The Balaban J connectivity index is 1.73. The first-order valence-electron chi connectivity index (χ1n) is 7.89. The standard InChI is InChI=1S/C17H19N3O6/c1-17(2)15(24)20(16(25)19-17)9-8-13(22)26-10-12(21)18-14(23)11-6-4-3-5-7-11/h3-7H,8-10H2,1-2H3,(H,19,25)(H,18,21,23). The van der Waals surface area contributed by atoms with Gasteiger partial charge in [-0.25, -0.2) is 4.79 Å². The first-order chi connectivity index (χ1) is 12.2. The van der Waals surface area contributed by atoms with Crippen molar-refractivity contribution in [2.24, 2.45) is 0 Å². The Morgan fingerprint density at radius 3 is 2.38 bits per heavy atom. The van der Waals surface area contributed by atoms with Gasteiger partial charge in [0, 0.05) is 12.1 Å². The van der Waals surface area contributed by atoms with Crippen LogP contribution >= 0.6 is 0 Å². The van der Waals surface area contributed by atoms with E-state index in [1.165, 1.54) is 12.1 Å². The number of amides is 5. The third-order valence-corrected chi connectivity index (χ3v) is 3.64. The van der Waals surface area contributed by atoms with Crippen LogP contribution in [0.1, 0.15) is 30.6 Å². The minimum Gasteiger partial charge on any atom is -0.456 e. The van der Waals surface area contributed by atoms with Gasteiger partial charge in [-0.2, -0.15) is 0 Å². The molecule has 1 aromatic carbocycles. The summed E-state index contributed by atoms with van der Waals surface area (Å²) in [5.41, 5.74) is -0.716. The van der Waals surface area contributed by atoms with E-state index in [9.17, 15) is 24.0 Å². The molecule has 1 saturated heterocycles. The van der Waals surface area contributed by atoms with Crippen molar-refractivity contribution in [1.29, 1.82) is 0 Å². The Labute approximate surface area is 149 Å². The number of ether oxygens (including phenoxy) is 1. The summed E-state index contributed by atoms with van der Waals surface area (Å²) in [4.78, 5) is 59.6. The SMILES string of the molecule is CC1(C)NC(=O)N(CCC(=O)OCC(=O)NC(=O)c2ccccc2)C1=O. The maximum absolute atomic E-state index is 12.0. The fraction of sp³-hybridized carbons (Fsp3) is 0.353. The van der Waals surface area contributed by atoms with E-state index in [-0.39, 0.29) is 13.0 Å². The molecule has 0 radical (unpaired) electrons. The Morgan fingerprint density at radius 2 is 1.81 bits per heavy atom. The van der Waals surface area contributed by atoms with Gasteiger partial charge in [-0.3, -0.25) is 29.4 Å². The van der Waals surface area contributed by atoms with Crippen molar-refractivity contribution < 1.29 is 28.7 Å². The topological polar surface area (TPSA) is 122 Å². The lowest BCUT2D eigenvalue weighted by Crippen LogP contribution is -2.40. The molecule has 138 valence electrons. The van der Waals surface area contributed by atoms with Crippen LogP contribution in [0.15, 0.2) is 30.3 Å². The van der Waals surface area contributed by atoms with Crippen LogP contribution in [0.25, 0.3) is 0 Å². The first-order valence-corrected chi connectivity index (χ1v) is 7.89. The third-order valence-electron chi connectivity index (χ3n) is 3.64. The molecule has 0 aliphatic carbocycles. The second kappa shape index (κ2) is 7.77. The van der Waals surface area contributed by atoms with E-state index in [4.69, 9.17) is 4.74 Å². The van der Waals surface area contributed by atoms with Crippen LogP contribution in [0, 0.1) is 0 Å². The van der Waals surface area contributed by atoms with Gasteiger partial charge >= 0.3 is 12.0 Å². The Hall–Kier alpha value is -3.23. The van der Waals surface area contributed by atoms with Crippen molar-refractivity contribution in [1.82, 2.24) is 15.5 Å². The number of carbonyl (C=O) groups is 5. The average molecular weight is 361 g/mol. The molecule has 1 heterocycles. The molecule has 2 rings (SSSR count). The number of benzene rings is 1. The number of imide groups is 2. The molecule has 1 aliphatic heterocycles. The zero-order valence-electron chi connectivity index (χ0n) is 14.4. The van der Waals surface area contributed by atoms with E-state index in [1.807, 2.05) is 0 Å². The number of urea groups is 1. The van der Waals surface area contributed by atoms with E-state index in [2.05, 4.69) is 10.6 Å². The van der Waals surface area contributed by atoms with Gasteiger partial charge in [-0.15, -0.1) is 0 Å². The molecule has 0 atom stereocenters. The van der Waals surface area contributed by atoms with Gasteiger partial charge in [0.05, 0.1) is 6.42 Å². The van der Waals surface area contributed by atoms with Crippen LogP contribution in [0.3, 0.4) is 0 Å². The van der Waals surface area contributed by atoms with E-state index in [1.54, 1.807) is 32.0 Å². The van der Waals surface area contributed by atoms with E-state index < -0.39 is 41.9 Å². The van der Waals surface area contributed by atoms with Crippen molar-refractivity contribution >= 4 is 29.7 Å². The summed E-state index contributed by atoms with van der Waals surface area (Å²) in [6, 6.07) is 7.52. The molecule has 2 N–H and O–H groups in total. The monoisotopic (exact) mass is 361 g/mol. The summed E-state index contributed by atoms with van der Waals surface area (Å²) in [5, 5.41) is 4.58. The second-order valence-corrected chi connectivity index (χ2v) is 6.17. The normalized spacial score (nSPS) is 15.4. The highest BCUT2D eigenvalue weighted by atomic mass is 16.5. The second-order valence-electron chi connectivity index (χ2n) is 6.17. The summed E-state index contributed by atoms with van der Waals surface area (Å²) in [6.45, 7) is 2.32. The molecule has 0 unspecified atom stereocenters. The fourth-order valence-corrected chi connectivity index (χ4v) is 2.27. The highest BCUT2D eigenvalue weighted by molar-refractivity contribution is 6.07. The smallest absolute Gasteiger partial charge is 0.325 e. The average Bonchev–Trinajstić information content (AvgIpc) is 2.79. The van der Waals surface area contributed by atoms with Crippen molar-refractivity contribution in [2.45, 2.75) is 25.8 Å². The number of hydrogen-bond donors (Lipinski definition) is 2. The van der Waals surface area contributed by atoms with Crippen LogP contribution in [-0.2, 0) is 19.1 Å². The van der Waals surface area contributed by atoms with Crippen molar-refractivity contribution in [3.8, 4) is 0 Å². The molecule has 0 saturated carbocycles. The summed E-state index contributed by atoms with van der Waals surface area (Å²) >= 11 is 0. The largest absolute Gasteiger partial charge is 0.456 e. The summed E-state index contributed by atoms with van der Waals surface area (Å²) < 4.78 is 4.75. The minimum absolute atomic E-state index is 0.155. The number of rotatable bonds is 6. The highest BCUT2D eigenvalue weighted by Gasteiger charge is 2.44. The number of nitrogens with one attached hydrogen (secondary N) is 2. The zero-order valence-corrected chi connectivity index (χ0v) is 14.4. The molecule has 0 bridgehead atoms. The van der Waals surface area contributed by atoms with Crippen LogP contribution in [-0.4, -0.2) is 53.3 Å².